The van der Waals surface area contributed by atoms with Gasteiger partial charge in [0.1, 0.15) is 0 Å². The number of thiophene rings is 1. The molecule has 0 fully saturated rings. The number of aromatic nitrogens is 1. The van der Waals surface area contributed by atoms with E-state index >= 15 is 0 Å². The molecular formula is C47H30N2S. The van der Waals surface area contributed by atoms with Gasteiger partial charge in [-0.15, -0.1) is 11.3 Å². The number of rotatable bonds is 3. The molecule has 0 amide bonds. The molecule has 234 valence electrons. The zero-order valence-corrected chi connectivity index (χ0v) is 28.5. The zero-order valence-electron chi connectivity index (χ0n) is 27.7. The molecule has 0 atom stereocenters. The predicted molar refractivity (Wildman–Crippen MR) is 211 cm³/mol. The first kappa shape index (κ1) is 28.9. The van der Waals surface area contributed by atoms with Crippen molar-refractivity contribution in [3.8, 4) is 50.7 Å². The minimum absolute atomic E-state index is 0.186. The lowest BCUT2D eigenvalue weighted by Gasteiger charge is -2.22. The van der Waals surface area contributed by atoms with Crippen LogP contribution < -0.4 is 0 Å². The first-order valence-corrected chi connectivity index (χ1v) is 17.8. The van der Waals surface area contributed by atoms with Gasteiger partial charge in [0.2, 0.25) is 0 Å². The van der Waals surface area contributed by atoms with Gasteiger partial charge in [-0.25, -0.2) is 4.98 Å². The van der Waals surface area contributed by atoms with Crippen molar-refractivity contribution in [3.63, 3.8) is 0 Å². The van der Waals surface area contributed by atoms with Gasteiger partial charge in [0, 0.05) is 47.3 Å². The fourth-order valence-corrected chi connectivity index (χ4v) is 9.39. The highest BCUT2D eigenvalue weighted by Gasteiger charge is 2.35. The Bertz CT molecular complexity index is 2910. The largest absolute Gasteiger partial charge is 0.247 e. The molecule has 0 spiro atoms. The molecule has 1 aliphatic carbocycles. The highest BCUT2D eigenvalue weighted by Crippen LogP contribution is 2.50. The second-order valence-electron chi connectivity index (χ2n) is 13.9. The first-order valence-electron chi connectivity index (χ1n) is 17.0. The van der Waals surface area contributed by atoms with Crippen LogP contribution in [-0.2, 0) is 5.41 Å². The molecule has 0 bridgehead atoms. The molecule has 0 N–H and O–H groups in total. The number of pyridine rings is 1. The molecule has 0 unspecified atom stereocenters. The fourth-order valence-electron chi connectivity index (χ4n) is 8.13. The predicted octanol–water partition coefficient (Wildman–Crippen LogP) is 12.9. The van der Waals surface area contributed by atoms with E-state index in [1.807, 2.05) is 17.4 Å². The van der Waals surface area contributed by atoms with E-state index in [1.54, 1.807) is 0 Å². The summed E-state index contributed by atoms with van der Waals surface area (Å²) in [5.41, 5.74) is 13.3. The number of fused-ring (bicyclic) bond motifs is 10. The standard InChI is InChI=1S/C47H30N2S/c1-47(2)40-23-28(27-48)15-18-34(40)35-19-16-32(25-41(35)47)30-11-8-12-31(24-30)33-17-20-38-42(26-33)49-45(29-9-4-3-5-10-29)39-22-21-37-36-13-6-7-14-43(36)50-46(37)44(38)39/h3-26H,1-2H3. The van der Waals surface area contributed by atoms with Crippen molar-refractivity contribution in [1.82, 2.24) is 4.98 Å². The summed E-state index contributed by atoms with van der Waals surface area (Å²) in [7, 11) is 0. The summed E-state index contributed by atoms with van der Waals surface area (Å²) >= 11 is 1.87. The van der Waals surface area contributed by atoms with E-state index in [0.29, 0.717) is 5.56 Å². The molecule has 0 saturated carbocycles. The van der Waals surface area contributed by atoms with Crippen LogP contribution >= 0.6 is 11.3 Å². The SMILES string of the molecule is CC1(C)c2cc(C#N)ccc2-c2ccc(-c3cccc(-c4ccc5c(c4)nc(-c4ccccc4)c4ccc6c7ccccc7sc6c45)c3)cc21. The van der Waals surface area contributed by atoms with Crippen molar-refractivity contribution in [2.24, 2.45) is 0 Å². The van der Waals surface area contributed by atoms with Crippen molar-refractivity contribution < 1.29 is 0 Å². The summed E-state index contributed by atoms with van der Waals surface area (Å²) in [5, 5.41) is 15.8. The Morgan fingerprint density at radius 2 is 1.18 bits per heavy atom. The quantitative estimate of drug-likeness (QED) is 0.178. The molecule has 2 nitrogen and oxygen atoms in total. The van der Waals surface area contributed by atoms with Crippen LogP contribution in [0, 0.1) is 11.3 Å². The number of nitriles is 1. The monoisotopic (exact) mass is 654 g/mol. The molecule has 3 heteroatoms. The number of nitrogens with zero attached hydrogens (tertiary/aromatic N) is 2. The third-order valence-electron chi connectivity index (χ3n) is 10.7. The van der Waals surface area contributed by atoms with Crippen LogP contribution in [0.2, 0.25) is 0 Å². The lowest BCUT2D eigenvalue weighted by molar-refractivity contribution is 0.660. The fraction of sp³-hybridized carbons (Fsp3) is 0.0638. The van der Waals surface area contributed by atoms with Gasteiger partial charge in [0.15, 0.2) is 0 Å². The third-order valence-corrected chi connectivity index (χ3v) is 11.9. The lowest BCUT2D eigenvalue weighted by Crippen LogP contribution is -2.15. The minimum atomic E-state index is -0.186. The summed E-state index contributed by atoms with van der Waals surface area (Å²) in [6.45, 7) is 4.53. The van der Waals surface area contributed by atoms with E-state index in [4.69, 9.17) is 4.98 Å². The molecule has 50 heavy (non-hydrogen) atoms. The molecule has 1 aliphatic rings. The Morgan fingerprint density at radius 3 is 2.00 bits per heavy atom. The normalized spacial score (nSPS) is 13.1. The van der Waals surface area contributed by atoms with Crippen molar-refractivity contribution >= 4 is 53.2 Å². The van der Waals surface area contributed by atoms with Crippen molar-refractivity contribution in [3.05, 3.63) is 162 Å². The molecular weight excluding hydrogens is 625 g/mol. The summed E-state index contributed by atoms with van der Waals surface area (Å²) in [5.74, 6) is 0. The molecule has 0 aliphatic heterocycles. The smallest absolute Gasteiger partial charge is 0.0991 e. The first-order chi connectivity index (χ1) is 24.5. The van der Waals surface area contributed by atoms with Gasteiger partial charge in [0.25, 0.3) is 0 Å². The third kappa shape index (κ3) is 4.22. The topological polar surface area (TPSA) is 36.7 Å². The zero-order chi connectivity index (χ0) is 33.6. The van der Waals surface area contributed by atoms with Crippen LogP contribution in [0.25, 0.3) is 86.5 Å². The molecule has 0 radical (unpaired) electrons. The molecule has 2 aromatic heterocycles. The highest BCUT2D eigenvalue weighted by molar-refractivity contribution is 7.26. The Morgan fingerprint density at radius 1 is 0.540 bits per heavy atom. The lowest BCUT2D eigenvalue weighted by atomic mass is 9.81. The van der Waals surface area contributed by atoms with Crippen LogP contribution in [0.15, 0.2) is 146 Å². The van der Waals surface area contributed by atoms with E-state index in [1.165, 1.54) is 69.7 Å². The van der Waals surface area contributed by atoms with Gasteiger partial charge >= 0.3 is 0 Å². The Labute approximate surface area is 294 Å². The molecule has 9 aromatic rings. The number of hydrogen-bond donors (Lipinski definition) is 0. The summed E-state index contributed by atoms with van der Waals surface area (Å²) < 4.78 is 2.62. The van der Waals surface area contributed by atoms with Gasteiger partial charge in [-0.2, -0.15) is 5.26 Å². The van der Waals surface area contributed by atoms with Crippen molar-refractivity contribution in [1.29, 1.82) is 5.26 Å². The Kier molecular flexibility index (Phi) is 6.19. The second-order valence-corrected chi connectivity index (χ2v) is 14.9. The van der Waals surface area contributed by atoms with Crippen LogP contribution in [0.4, 0.5) is 0 Å². The molecule has 7 aromatic carbocycles. The Hall–Kier alpha value is -6.08. The summed E-state index contributed by atoms with van der Waals surface area (Å²) in [6, 6.07) is 54.7. The summed E-state index contributed by atoms with van der Waals surface area (Å²) in [4.78, 5) is 5.37. The van der Waals surface area contributed by atoms with E-state index in [9.17, 15) is 5.26 Å². The van der Waals surface area contributed by atoms with Gasteiger partial charge in [0.05, 0.1) is 22.8 Å². The maximum Gasteiger partial charge on any atom is 0.0991 e. The van der Waals surface area contributed by atoms with Gasteiger partial charge < -0.3 is 0 Å². The van der Waals surface area contributed by atoms with Crippen LogP contribution in [0.1, 0.15) is 30.5 Å². The van der Waals surface area contributed by atoms with Crippen LogP contribution in [0.5, 0.6) is 0 Å². The van der Waals surface area contributed by atoms with Gasteiger partial charge in [-0.1, -0.05) is 123 Å². The van der Waals surface area contributed by atoms with Crippen LogP contribution in [0.3, 0.4) is 0 Å². The minimum Gasteiger partial charge on any atom is -0.247 e. The van der Waals surface area contributed by atoms with E-state index in [0.717, 1.165) is 27.9 Å². The number of hydrogen-bond acceptors (Lipinski definition) is 3. The average molecular weight is 655 g/mol. The van der Waals surface area contributed by atoms with Crippen molar-refractivity contribution in [2.75, 3.05) is 0 Å². The molecule has 0 saturated heterocycles. The molecule has 10 rings (SSSR count). The maximum absolute atomic E-state index is 9.56. The maximum atomic E-state index is 9.56. The average Bonchev–Trinajstić information content (AvgIpc) is 3.66. The van der Waals surface area contributed by atoms with Gasteiger partial charge in [-0.3, -0.25) is 0 Å². The van der Waals surface area contributed by atoms with Crippen LogP contribution in [-0.4, -0.2) is 4.98 Å². The van der Waals surface area contributed by atoms with Gasteiger partial charge in [-0.05, 0) is 80.9 Å². The number of benzene rings is 7. The van der Waals surface area contributed by atoms with E-state index < -0.39 is 0 Å². The summed E-state index contributed by atoms with van der Waals surface area (Å²) in [6.07, 6.45) is 0. The van der Waals surface area contributed by atoms with Crippen molar-refractivity contribution in [2.45, 2.75) is 19.3 Å². The second kappa shape index (κ2) is 10.7. The highest BCUT2D eigenvalue weighted by atomic mass is 32.1. The van der Waals surface area contributed by atoms with E-state index in [2.05, 4.69) is 159 Å². The Balaban J connectivity index is 1.13. The molecule has 2 heterocycles. The van der Waals surface area contributed by atoms with E-state index in [-0.39, 0.29) is 5.41 Å².